The maximum atomic E-state index is 10.7. The molecular weight excluding hydrogens is 465 g/mol. The number of rotatable bonds is 14. The summed E-state index contributed by atoms with van der Waals surface area (Å²) < 4.78 is 27.5. The topological polar surface area (TPSA) is 136 Å². The Hall–Kier alpha value is 1.03. The predicted octanol–water partition coefficient (Wildman–Crippen LogP) is 2.24. The van der Waals surface area contributed by atoms with Crippen LogP contribution in [0.15, 0.2) is 0 Å². The molecule has 0 saturated heterocycles. The minimum atomic E-state index is -4.13. The number of hydrogen-bond donors (Lipinski definition) is 4. The van der Waals surface area contributed by atoms with Crippen LogP contribution in [0.5, 0.6) is 0 Å². The normalized spacial score (nSPS) is 18.2. The van der Waals surface area contributed by atoms with Gasteiger partial charge < -0.3 is 30.8 Å². The molecule has 16 heteroatoms. The highest BCUT2D eigenvalue weighted by molar-refractivity contribution is 7.94. The lowest BCUT2D eigenvalue weighted by Gasteiger charge is -2.40. The van der Waals surface area contributed by atoms with Crippen molar-refractivity contribution in [1.29, 1.82) is 0 Å². The van der Waals surface area contributed by atoms with E-state index in [0.29, 0.717) is 12.2 Å². The molecule has 164 valence electrons. The van der Waals surface area contributed by atoms with E-state index >= 15 is 0 Å². The summed E-state index contributed by atoms with van der Waals surface area (Å²) in [6.07, 6.45) is 0.337. The fourth-order valence-corrected chi connectivity index (χ4v) is 20.3. The third-order valence-electron chi connectivity index (χ3n) is 2.52. The van der Waals surface area contributed by atoms with Crippen LogP contribution >= 0.6 is 12.0 Å². The van der Waals surface area contributed by atoms with Gasteiger partial charge in [0.15, 0.2) is 16.6 Å². The van der Waals surface area contributed by atoms with Gasteiger partial charge >= 0.3 is 26.4 Å². The van der Waals surface area contributed by atoms with Crippen molar-refractivity contribution in [2.45, 2.75) is 64.8 Å². The molecule has 10 nitrogen and oxygen atoms in total. The first-order chi connectivity index (χ1) is 11.9. The Morgan fingerprint density at radius 2 is 1.26 bits per heavy atom. The van der Waals surface area contributed by atoms with Crippen LogP contribution in [0.2, 0.25) is 58.4 Å². The zero-order chi connectivity index (χ0) is 21.6. The van der Waals surface area contributed by atoms with Gasteiger partial charge in [-0.3, -0.25) is 0 Å². The van der Waals surface area contributed by atoms with Gasteiger partial charge in [0.25, 0.3) is 0 Å². The summed E-state index contributed by atoms with van der Waals surface area (Å²) in [6, 6.07) is -0.0334. The molecule has 0 rings (SSSR count). The first-order valence-corrected chi connectivity index (χ1v) is 22.7. The third-order valence-corrected chi connectivity index (χ3v) is 17.8. The van der Waals surface area contributed by atoms with Gasteiger partial charge in [-0.25, -0.2) is 5.26 Å². The van der Waals surface area contributed by atoms with Crippen molar-refractivity contribution in [3.63, 3.8) is 0 Å². The molecule has 0 saturated carbocycles. The summed E-state index contributed by atoms with van der Waals surface area (Å²) in [5.74, 6) is 0.346. The largest absolute Gasteiger partial charge is 0.488 e. The zero-order valence-electron chi connectivity index (χ0n) is 17.3. The molecule has 2 atom stereocenters. The second-order valence-corrected chi connectivity index (χ2v) is 26.2. The SMILES string of the molecule is C[Si](C)(C)O[Si](C)(O)O[Si](C)(O[Si](C)(C)C)O[Si](O)(O)CCCSOOO. The van der Waals surface area contributed by atoms with E-state index in [9.17, 15) is 14.4 Å². The maximum absolute atomic E-state index is 10.7. The van der Waals surface area contributed by atoms with Crippen LogP contribution in [0.3, 0.4) is 0 Å². The Bertz CT molecular complexity index is 444. The molecule has 0 amide bonds. The quantitative estimate of drug-likeness (QED) is 0.0922. The van der Waals surface area contributed by atoms with Crippen LogP contribution in [0, 0.1) is 0 Å². The lowest BCUT2D eigenvalue weighted by molar-refractivity contribution is -0.432. The Kier molecular flexibility index (Phi) is 11.3. The van der Waals surface area contributed by atoms with Gasteiger partial charge in [0.05, 0.1) is 0 Å². The average molecular weight is 499 g/mol. The fourth-order valence-electron chi connectivity index (χ4n) is 2.32. The lowest BCUT2D eigenvalue weighted by Crippen LogP contribution is -2.63. The Morgan fingerprint density at radius 3 is 1.70 bits per heavy atom. The van der Waals surface area contributed by atoms with Crippen molar-refractivity contribution in [2.24, 2.45) is 0 Å². The summed E-state index contributed by atoms with van der Waals surface area (Å²) in [7, 11) is -15.6. The fraction of sp³-hybridized carbons (Fsp3) is 1.00. The van der Waals surface area contributed by atoms with Gasteiger partial charge in [0.1, 0.15) is 0 Å². The second kappa shape index (κ2) is 10.9. The van der Waals surface area contributed by atoms with Crippen molar-refractivity contribution < 1.29 is 45.5 Å². The van der Waals surface area contributed by atoms with Crippen molar-refractivity contribution in [1.82, 2.24) is 0 Å². The Labute approximate surface area is 171 Å². The van der Waals surface area contributed by atoms with E-state index in [-0.39, 0.29) is 6.04 Å². The van der Waals surface area contributed by atoms with E-state index in [1.165, 1.54) is 6.55 Å². The van der Waals surface area contributed by atoms with Gasteiger partial charge in [0.2, 0.25) is 0 Å². The van der Waals surface area contributed by atoms with E-state index in [1.807, 2.05) is 39.3 Å². The Morgan fingerprint density at radius 1 is 0.741 bits per heavy atom. The lowest BCUT2D eigenvalue weighted by atomic mass is 10.6. The first-order valence-electron chi connectivity index (χ1n) is 8.46. The Balaban J connectivity index is 5.16. The smallest absolute Gasteiger partial charge is 0.417 e. The summed E-state index contributed by atoms with van der Waals surface area (Å²) >= 11 is 0.818. The molecule has 0 aliphatic rings. The number of hydrogen-bond acceptors (Lipinski definition) is 11. The van der Waals surface area contributed by atoms with Crippen LogP contribution in [0.25, 0.3) is 0 Å². The van der Waals surface area contributed by atoms with E-state index in [0.717, 1.165) is 12.0 Å². The highest BCUT2D eigenvalue weighted by Crippen LogP contribution is 2.26. The second-order valence-electron chi connectivity index (χ2n) is 8.20. The standard InChI is InChI=1S/C11H34O10SSi5/c1-23(2,3)18-25(7,13)20-26(8,19-24(4,5)6)21-27(14,15)11-9-10-22-17-16-12/h12-15H,9-11H2,1-8H3. The molecule has 0 fully saturated rings. The molecule has 0 spiro atoms. The van der Waals surface area contributed by atoms with Gasteiger partial charge in [-0.2, -0.15) is 0 Å². The van der Waals surface area contributed by atoms with E-state index in [4.69, 9.17) is 21.7 Å². The molecule has 4 N–H and O–H groups in total. The summed E-state index contributed by atoms with van der Waals surface area (Å²) in [6.45, 7) is 14.5. The minimum Gasteiger partial charge on any atom is -0.417 e. The molecule has 0 heterocycles. The van der Waals surface area contributed by atoms with E-state index in [1.54, 1.807) is 6.55 Å². The average Bonchev–Trinajstić information content (AvgIpc) is 2.29. The van der Waals surface area contributed by atoms with Gasteiger partial charge in [-0.05, 0) is 45.7 Å². The summed E-state index contributed by atoms with van der Waals surface area (Å²) in [5.41, 5.74) is 0. The van der Waals surface area contributed by atoms with Crippen LogP contribution in [0.4, 0.5) is 0 Å². The molecule has 0 aliphatic carbocycles. The van der Waals surface area contributed by atoms with Crippen molar-refractivity contribution in [3.8, 4) is 0 Å². The predicted molar refractivity (Wildman–Crippen MR) is 113 cm³/mol. The summed E-state index contributed by atoms with van der Waals surface area (Å²) in [4.78, 5) is 31.4. The first kappa shape index (κ1) is 28.0. The molecule has 27 heavy (non-hydrogen) atoms. The van der Waals surface area contributed by atoms with Crippen molar-refractivity contribution in [2.75, 3.05) is 5.75 Å². The maximum Gasteiger partial charge on any atom is 0.488 e. The van der Waals surface area contributed by atoms with Gasteiger partial charge in [-0.1, -0.05) is 5.04 Å². The van der Waals surface area contributed by atoms with Gasteiger partial charge in [0, 0.05) is 36.9 Å². The third kappa shape index (κ3) is 15.5. The molecular formula is C11H34O10SSi5. The molecule has 0 bridgehead atoms. The molecule has 0 aromatic rings. The van der Waals surface area contributed by atoms with Crippen LogP contribution in [-0.2, 0) is 25.8 Å². The minimum absolute atomic E-state index is 0.0334. The monoisotopic (exact) mass is 498 g/mol. The molecule has 2 unspecified atom stereocenters. The van der Waals surface area contributed by atoms with Crippen molar-refractivity contribution >= 4 is 55.1 Å². The highest BCUT2D eigenvalue weighted by atomic mass is 32.2. The van der Waals surface area contributed by atoms with Crippen LogP contribution < -0.4 is 0 Å². The zero-order valence-corrected chi connectivity index (χ0v) is 23.1. The van der Waals surface area contributed by atoms with E-state index < -0.39 is 43.0 Å². The van der Waals surface area contributed by atoms with E-state index in [2.05, 4.69) is 9.37 Å². The summed E-state index contributed by atoms with van der Waals surface area (Å²) in [5, 5.41) is 11.5. The van der Waals surface area contributed by atoms with Crippen LogP contribution in [-0.4, -0.2) is 68.4 Å². The van der Waals surface area contributed by atoms with Gasteiger partial charge in [-0.15, -0.1) is 4.33 Å². The van der Waals surface area contributed by atoms with Crippen LogP contribution in [0.1, 0.15) is 6.42 Å². The van der Waals surface area contributed by atoms with Crippen molar-refractivity contribution in [3.05, 3.63) is 0 Å². The molecule has 0 aliphatic heterocycles. The molecule has 0 radical (unpaired) electrons. The highest BCUT2D eigenvalue weighted by Gasteiger charge is 2.53. The molecule has 0 aromatic heterocycles. The molecule has 0 aromatic carbocycles.